The smallest absolute Gasteiger partial charge is 0.416 e. The molecule has 5 aromatic rings. The van der Waals surface area contributed by atoms with E-state index in [0.29, 0.717) is 46.9 Å². The van der Waals surface area contributed by atoms with E-state index in [1.807, 2.05) is 42.2 Å². The highest BCUT2D eigenvalue weighted by atomic mass is 35.5. The molecule has 2 atom stereocenters. The molecule has 3 aromatic heterocycles. The van der Waals surface area contributed by atoms with Crippen molar-refractivity contribution in [2.75, 3.05) is 36.4 Å². The number of hydrogen-bond donors (Lipinski definition) is 1. The number of anilines is 2. The number of allylic oxidation sites excluding steroid dienone is 2. The summed E-state index contributed by atoms with van der Waals surface area (Å²) in [5.74, 6) is 0.985. The maximum absolute atomic E-state index is 14.4. The van der Waals surface area contributed by atoms with E-state index in [1.54, 1.807) is 16.4 Å². The van der Waals surface area contributed by atoms with E-state index < -0.39 is 23.2 Å². The molecule has 1 saturated carbocycles. The van der Waals surface area contributed by atoms with E-state index >= 15 is 0 Å². The summed E-state index contributed by atoms with van der Waals surface area (Å²) in [6.45, 7) is 4.59. The van der Waals surface area contributed by atoms with Crippen molar-refractivity contribution >= 4 is 46.1 Å². The van der Waals surface area contributed by atoms with Crippen LogP contribution in [0.2, 0.25) is 5.02 Å². The number of hydrogen-bond acceptors (Lipinski definition) is 9. The van der Waals surface area contributed by atoms with Crippen LogP contribution in [0.3, 0.4) is 0 Å². The number of rotatable bonds is 10. The Morgan fingerprint density at radius 3 is 2.50 bits per heavy atom. The second kappa shape index (κ2) is 14.7. The van der Waals surface area contributed by atoms with Crippen molar-refractivity contribution < 1.29 is 27.5 Å². The Labute approximate surface area is 323 Å². The molecule has 2 amide bonds. The van der Waals surface area contributed by atoms with Crippen molar-refractivity contribution in [1.82, 2.24) is 34.0 Å². The van der Waals surface area contributed by atoms with Gasteiger partial charge in [0.1, 0.15) is 25.2 Å². The summed E-state index contributed by atoms with van der Waals surface area (Å²) >= 11 is 6.16. The largest absolute Gasteiger partial charge is 0.485 e. The van der Waals surface area contributed by atoms with Crippen LogP contribution in [0.1, 0.15) is 58.6 Å². The normalized spacial score (nSPS) is 17.9. The number of piperazine rings is 1. The van der Waals surface area contributed by atoms with Crippen LogP contribution in [0, 0.1) is 18.8 Å². The minimum Gasteiger partial charge on any atom is -0.485 e. The van der Waals surface area contributed by atoms with Crippen LogP contribution in [-0.4, -0.2) is 72.0 Å². The summed E-state index contributed by atoms with van der Waals surface area (Å²) in [6, 6.07) is 12.3. The lowest BCUT2D eigenvalue weighted by Gasteiger charge is -2.36. The van der Waals surface area contributed by atoms with Gasteiger partial charge in [0.25, 0.3) is 11.5 Å². The second-order valence-electron chi connectivity index (χ2n) is 14.2. The van der Waals surface area contributed by atoms with Gasteiger partial charge in [-0.1, -0.05) is 54.9 Å². The first-order chi connectivity index (χ1) is 26.9. The molecule has 0 spiro atoms. The van der Waals surface area contributed by atoms with Crippen LogP contribution >= 0.6 is 11.6 Å². The average Bonchev–Trinajstić information content (AvgIpc) is 3.54. The van der Waals surface area contributed by atoms with Crippen molar-refractivity contribution in [2.24, 2.45) is 11.8 Å². The van der Waals surface area contributed by atoms with Crippen molar-refractivity contribution in [3.05, 3.63) is 110 Å². The standard InChI is InChI=1S/C39H37ClF3N9O4/c1-3-30-33(49-11-13-50(14-12-49)36(54)32-34(22(2)44-21-45-32)56-20-23-7-5-4-6-8-23)37(55)52-38(47-35(48-52)26-16-24-15-25(24)17-26)51(30)19-31(53)46-29-10-9-27(18-28(29)40)39(41,42)43/h4-10,16,18,21,24-25H,3,11-15,17,19-20H2,1-2H3,(H,46,53). The van der Waals surface area contributed by atoms with Crippen LogP contribution in [0.25, 0.3) is 11.4 Å². The summed E-state index contributed by atoms with van der Waals surface area (Å²) in [4.78, 5) is 58.7. The fourth-order valence-corrected chi connectivity index (χ4v) is 7.70. The summed E-state index contributed by atoms with van der Waals surface area (Å²) in [7, 11) is 0. The number of fused-ring (bicyclic) bond motifs is 2. The lowest BCUT2D eigenvalue weighted by Crippen LogP contribution is -2.51. The molecule has 2 fully saturated rings. The number of nitrogens with one attached hydrogen (secondary N) is 1. The van der Waals surface area contributed by atoms with Gasteiger partial charge in [0.05, 0.1) is 27.7 Å². The SMILES string of the molecule is CCc1c(N2CCN(C(=O)c3ncnc(C)c3OCc3ccccc3)CC2)c(=O)n2nc(C3=CC4CC4C3)nc2n1CC(=O)Nc1ccc(C(F)(F)F)cc1Cl. The van der Waals surface area contributed by atoms with Crippen LogP contribution in [0.5, 0.6) is 5.75 Å². The fourth-order valence-electron chi connectivity index (χ4n) is 7.48. The number of ether oxygens (including phenoxy) is 1. The van der Waals surface area contributed by atoms with Crippen molar-refractivity contribution in [3.63, 3.8) is 0 Å². The van der Waals surface area contributed by atoms with Gasteiger partial charge in [-0.3, -0.25) is 14.4 Å². The number of aromatic nitrogens is 6. The number of halogens is 4. The van der Waals surface area contributed by atoms with Crippen LogP contribution in [0.4, 0.5) is 24.5 Å². The van der Waals surface area contributed by atoms with Gasteiger partial charge in [-0.05, 0) is 67.4 Å². The van der Waals surface area contributed by atoms with Gasteiger partial charge < -0.3 is 24.4 Å². The molecular weight excluding hydrogens is 751 g/mol. The van der Waals surface area contributed by atoms with E-state index in [2.05, 4.69) is 26.5 Å². The summed E-state index contributed by atoms with van der Waals surface area (Å²) in [5, 5.41) is 6.99. The Hall–Kier alpha value is -5.77. The van der Waals surface area contributed by atoms with Gasteiger partial charge >= 0.3 is 6.18 Å². The lowest BCUT2D eigenvalue weighted by molar-refractivity contribution is -0.137. The van der Waals surface area contributed by atoms with E-state index in [0.717, 1.165) is 42.2 Å². The van der Waals surface area contributed by atoms with Gasteiger partial charge in [-0.2, -0.15) is 22.7 Å². The number of nitrogens with zero attached hydrogens (tertiary/aromatic N) is 8. The zero-order valence-corrected chi connectivity index (χ0v) is 31.3. The Morgan fingerprint density at radius 2 is 1.82 bits per heavy atom. The van der Waals surface area contributed by atoms with Crippen LogP contribution in [0.15, 0.2) is 65.7 Å². The Balaban J connectivity index is 1.08. The first-order valence-corrected chi connectivity index (χ1v) is 18.7. The monoisotopic (exact) mass is 787 g/mol. The zero-order valence-electron chi connectivity index (χ0n) is 30.5. The van der Waals surface area contributed by atoms with Crippen molar-refractivity contribution in [1.29, 1.82) is 0 Å². The fraction of sp³-hybridized carbons (Fsp3) is 0.359. The molecule has 8 rings (SSSR count). The molecule has 1 aliphatic heterocycles. The third-order valence-corrected chi connectivity index (χ3v) is 10.8. The molecule has 2 unspecified atom stereocenters. The number of alkyl halides is 3. The van der Waals surface area contributed by atoms with Gasteiger partial charge in [0.15, 0.2) is 17.3 Å². The number of aryl methyl sites for hydroxylation is 1. The Kier molecular flexibility index (Phi) is 9.76. The van der Waals surface area contributed by atoms with Crippen molar-refractivity contribution in [2.45, 2.75) is 52.4 Å². The first-order valence-electron chi connectivity index (χ1n) is 18.3. The molecule has 290 valence electrons. The topological polar surface area (TPSA) is 140 Å². The molecule has 1 N–H and O–H groups in total. The predicted molar refractivity (Wildman–Crippen MR) is 202 cm³/mol. The maximum Gasteiger partial charge on any atom is 0.416 e. The Morgan fingerprint density at radius 1 is 1.05 bits per heavy atom. The Bertz CT molecular complexity index is 2440. The van der Waals surface area contributed by atoms with Gasteiger partial charge in [-0.15, -0.1) is 5.10 Å². The zero-order chi connectivity index (χ0) is 39.3. The number of benzene rings is 2. The van der Waals surface area contributed by atoms with E-state index in [1.165, 1.54) is 10.8 Å². The third kappa shape index (κ3) is 7.20. The molecule has 13 nitrogen and oxygen atoms in total. The summed E-state index contributed by atoms with van der Waals surface area (Å²) in [5.41, 5.74) is 2.03. The molecular formula is C39H37ClF3N9O4. The van der Waals surface area contributed by atoms with Gasteiger partial charge in [-0.25, -0.2) is 9.97 Å². The number of carbonyl (C=O) groups excluding carboxylic acids is 2. The summed E-state index contributed by atoms with van der Waals surface area (Å²) < 4.78 is 48.7. The minimum absolute atomic E-state index is 0.00536. The van der Waals surface area contributed by atoms with E-state index in [4.69, 9.17) is 21.3 Å². The van der Waals surface area contributed by atoms with Gasteiger partial charge in [0, 0.05) is 26.2 Å². The lowest BCUT2D eigenvalue weighted by atomic mass is 10.2. The van der Waals surface area contributed by atoms with E-state index in [-0.39, 0.29) is 67.4 Å². The molecule has 17 heteroatoms. The highest BCUT2D eigenvalue weighted by molar-refractivity contribution is 6.33. The molecule has 3 aliphatic rings. The molecule has 4 heterocycles. The maximum atomic E-state index is 14.4. The number of amides is 2. The quantitative estimate of drug-likeness (QED) is 0.185. The molecule has 0 radical (unpaired) electrons. The molecule has 2 aliphatic carbocycles. The van der Waals surface area contributed by atoms with Crippen LogP contribution < -0.4 is 20.5 Å². The highest BCUT2D eigenvalue weighted by Crippen LogP contribution is 2.52. The highest BCUT2D eigenvalue weighted by Gasteiger charge is 2.42. The van der Waals surface area contributed by atoms with Crippen LogP contribution in [-0.2, 0) is 30.5 Å². The third-order valence-electron chi connectivity index (χ3n) is 10.5. The predicted octanol–water partition coefficient (Wildman–Crippen LogP) is 5.83. The van der Waals surface area contributed by atoms with Crippen molar-refractivity contribution in [3.8, 4) is 5.75 Å². The molecule has 1 saturated heterocycles. The number of carbonyl (C=O) groups is 2. The van der Waals surface area contributed by atoms with E-state index in [9.17, 15) is 27.6 Å². The summed E-state index contributed by atoms with van der Waals surface area (Å²) in [6.07, 6.45) is 1.12. The second-order valence-corrected chi connectivity index (χ2v) is 14.6. The first kappa shape index (κ1) is 37.2. The molecule has 56 heavy (non-hydrogen) atoms. The van der Waals surface area contributed by atoms with Gasteiger partial charge in [0.2, 0.25) is 11.7 Å². The average molecular weight is 788 g/mol. The minimum atomic E-state index is -4.60. The molecule has 2 aromatic carbocycles. The molecule has 0 bridgehead atoms.